The van der Waals surface area contributed by atoms with E-state index in [0.29, 0.717) is 18.0 Å². The van der Waals surface area contributed by atoms with Gasteiger partial charge in [0.25, 0.3) is 0 Å². The number of hydrogen-bond acceptors (Lipinski definition) is 3. The van der Waals surface area contributed by atoms with Crippen LogP contribution in [0.5, 0.6) is 0 Å². The first-order valence-electron chi connectivity index (χ1n) is 7.74. The molecule has 0 spiro atoms. The molecular formula is C15H25NO2. The van der Waals surface area contributed by atoms with E-state index < -0.39 is 0 Å². The Morgan fingerprint density at radius 3 is 2.72 bits per heavy atom. The summed E-state index contributed by atoms with van der Waals surface area (Å²) in [6.07, 6.45) is 9.62. The maximum atomic E-state index is 12.3. The van der Waals surface area contributed by atoms with Crippen molar-refractivity contribution in [3.05, 3.63) is 0 Å². The van der Waals surface area contributed by atoms with Crippen molar-refractivity contribution in [2.24, 2.45) is 11.8 Å². The Kier molecular flexibility index (Phi) is 3.60. The molecule has 2 saturated heterocycles. The number of fused-ring (bicyclic) bond motifs is 2. The van der Waals surface area contributed by atoms with E-state index in [1.807, 2.05) is 0 Å². The van der Waals surface area contributed by atoms with Gasteiger partial charge in [0.1, 0.15) is 6.10 Å². The fourth-order valence-electron chi connectivity index (χ4n) is 4.12. The van der Waals surface area contributed by atoms with Crippen LogP contribution in [0.25, 0.3) is 0 Å². The molecule has 2 bridgehead atoms. The van der Waals surface area contributed by atoms with Gasteiger partial charge in [-0.2, -0.15) is 0 Å². The molecule has 3 aliphatic rings. The standard InChI is InChI=1S/C15H25NO2/c1-2-10-5-3-4-6-14(10)18-15(17)12-9-11-7-8-13(12)16-11/h10-14,16H,2-9H2,1H3. The number of hydrogen-bond donors (Lipinski definition) is 1. The SMILES string of the molecule is CCC1CCCCC1OC(=O)C1CC2CCC1N2. The maximum Gasteiger partial charge on any atom is 0.310 e. The van der Waals surface area contributed by atoms with Crippen molar-refractivity contribution in [3.63, 3.8) is 0 Å². The smallest absolute Gasteiger partial charge is 0.310 e. The second-order valence-corrected chi connectivity index (χ2v) is 6.32. The van der Waals surface area contributed by atoms with E-state index in [4.69, 9.17) is 4.74 Å². The van der Waals surface area contributed by atoms with Gasteiger partial charge in [-0.15, -0.1) is 0 Å². The summed E-state index contributed by atoms with van der Waals surface area (Å²) in [5.74, 6) is 0.831. The van der Waals surface area contributed by atoms with Gasteiger partial charge in [0, 0.05) is 12.1 Å². The molecule has 0 aromatic carbocycles. The summed E-state index contributed by atoms with van der Waals surface area (Å²) in [6, 6.07) is 0.993. The molecule has 2 heterocycles. The Morgan fingerprint density at radius 2 is 2.06 bits per heavy atom. The molecule has 2 aliphatic heterocycles. The Morgan fingerprint density at radius 1 is 1.22 bits per heavy atom. The van der Waals surface area contributed by atoms with Crippen LogP contribution in [0.1, 0.15) is 58.3 Å². The van der Waals surface area contributed by atoms with Gasteiger partial charge in [0.05, 0.1) is 5.92 Å². The minimum Gasteiger partial charge on any atom is -0.462 e. The van der Waals surface area contributed by atoms with Crippen molar-refractivity contribution in [3.8, 4) is 0 Å². The lowest BCUT2D eigenvalue weighted by Gasteiger charge is -2.32. The van der Waals surface area contributed by atoms with Crippen LogP contribution in [0.15, 0.2) is 0 Å². The van der Waals surface area contributed by atoms with Crippen LogP contribution in [-0.4, -0.2) is 24.2 Å². The number of esters is 1. The first-order valence-corrected chi connectivity index (χ1v) is 7.74. The molecule has 1 N–H and O–H groups in total. The molecule has 3 nitrogen and oxygen atoms in total. The fourth-order valence-corrected chi connectivity index (χ4v) is 4.12. The predicted octanol–water partition coefficient (Wildman–Crippen LogP) is 2.64. The average molecular weight is 251 g/mol. The Labute approximate surface area is 110 Å². The Balaban J connectivity index is 1.56. The molecule has 3 heteroatoms. The van der Waals surface area contributed by atoms with Crippen LogP contribution < -0.4 is 5.32 Å². The zero-order valence-corrected chi connectivity index (χ0v) is 11.4. The zero-order chi connectivity index (χ0) is 12.5. The van der Waals surface area contributed by atoms with Crippen LogP contribution in [0.3, 0.4) is 0 Å². The van der Waals surface area contributed by atoms with Gasteiger partial charge in [-0.05, 0) is 50.9 Å². The molecule has 5 unspecified atom stereocenters. The fraction of sp³-hybridized carbons (Fsp3) is 0.933. The van der Waals surface area contributed by atoms with Crippen LogP contribution in [-0.2, 0) is 9.53 Å². The second-order valence-electron chi connectivity index (χ2n) is 6.32. The lowest BCUT2D eigenvalue weighted by Crippen LogP contribution is -2.36. The van der Waals surface area contributed by atoms with E-state index in [2.05, 4.69) is 12.2 Å². The Hall–Kier alpha value is -0.570. The van der Waals surface area contributed by atoms with Gasteiger partial charge in [0.2, 0.25) is 0 Å². The van der Waals surface area contributed by atoms with Crippen molar-refractivity contribution in [2.75, 3.05) is 0 Å². The van der Waals surface area contributed by atoms with Crippen LogP contribution in [0, 0.1) is 11.8 Å². The minimum absolute atomic E-state index is 0.0834. The molecular weight excluding hydrogens is 226 g/mol. The normalized spacial score (nSPS) is 43.1. The van der Waals surface area contributed by atoms with Gasteiger partial charge < -0.3 is 10.1 Å². The van der Waals surface area contributed by atoms with Gasteiger partial charge in [-0.25, -0.2) is 0 Å². The van der Waals surface area contributed by atoms with Gasteiger partial charge in [0.15, 0.2) is 0 Å². The lowest BCUT2D eigenvalue weighted by molar-refractivity contribution is -0.159. The summed E-state index contributed by atoms with van der Waals surface area (Å²) in [7, 11) is 0. The van der Waals surface area contributed by atoms with Crippen molar-refractivity contribution < 1.29 is 9.53 Å². The quantitative estimate of drug-likeness (QED) is 0.784. The van der Waals surface area contributed by atoms with Crippen molar-refractivity contribution in [1.29, 1.82) is 0 Å². The number of carbonyl (C=O) groups is 1. The molecule has 3 rings (SSSR count). The van der Waals surface area contributed by atoms with E-state index >= 15 is 0 Å². The van der Waals surface area contributed by atoms with Crippen molar-refractivity contribution in [2.45, 2.75) is 76.5 Å². The summed E-state index contributed by atoms with van der Waals surface area (Å²) in [4.78, 5) is 12.3. The molecule has 0 aromatic rings. The lowest BCUT2D eigenvalue weighted by atomic mass is 9.84. The van der Waals surface area contributed by atoms with E-state index in [1.54, 1.807) is 0 Å². The van der Waals surface area contributed by atoms with Crippen LogP contribution >= 0.6 is 0 Å². The molecule has 5 atom stereocenters. The third-order valence-electron chi connectivity index (χ3n) is 5.23. The highest BCUT2D eigenvalue weighted by Crippen LogP contribution is 2.36. The number of nitrogens with one attached hydrogen (secondary N) is 1. The van der Waals surface area contributed by atoms with Crippen LogP contribution in [0.4, 0.5) is 0 Å². The zero-order valence-electron chi connectivity index (χ0n) is 11.4. The summed E-state index contributed by atoms with van der Waals surface area (Å²) >= 11 is 0. The summed E-state index contributed by atoms with van der Waals surface area (Å²) in [5.41, 5.74) is 0. The summed E-state index contributed by atoms with van der Waals surface area (Å²) in [6.45, 7) is 2.22. The average Bonchev–Trinajstić information content (AvgIpc) is 3.01. The van der Waals surface area contributed by atoms with E-state index in [9.17, 15) is 4.79 Å². The molecule has 1 aliphatic carbocycles. The molecule has 1 saturated carbocycles. The summed E-state index contributed by atoms with van der Waals surface area (Å²) < 4.78 is 5.85. The van der Waals surface area contributed by atoms with E-state index in [-0.39, 0.29) is 18.0 Å². The van der Waals surface area contributed by atoms with Crippen molar-refractivity contribution in [1.82, 2.24) is 5.32 Å². The highest BCUT2D eigenvalue weighted by Gasteiger charge is 2.44. The molecule has 0 aromatic heterocycles. The van der Waals surface area contributed by atoms with Crippen LogP contribution in [0.2, 0.25) is 0 Å². The third kappa shape index (κ3) is 2.29. The maximum absolute atomic E-state index is 12.3. The number of ether oxygens (including phenoxy) is 1. The van der Waals surface area contributed by atoms with E-state index in [1.165, 1.54) is 25.7 Å². The Bertz CT molecular complexity index is 318. The molecule has 0 radical (unpaired) electrons. The van der Waals surface area contributed by atoms with Gasteiger partial charge in [-0.3, -0.25) is 4.79 Å². The molecule has 0 amide bonds. The number of rotatable bonds is 3. The number of carbonyl (C=O) groups excluding carboxylic acids is 1. The highest BCUT2D eigenvalue weighted by molar-refractivity contribution is 5.74. The first-order chi connectivity index (χ1) is 8.78. The predicted molar refractivity (Wildman–Crippen MR) is 70.2 cm³/mol. The first kappa shape index (κ1) is 12.5. The molecule has 102 valence electrons. The largest absolute Gasteiger partial charge is 0.462 e. The van der Waals surface area contributed by atoms with Gasteiger partial charge in [-0.1, -0.05) is 13.3 Å². The minimum atomic E-state index is 0.0834. The second kappa shape index (κ2) is 5.20. The summed E-state index contributed by atoms with van der Waals surface area (Å²) in [5, 5.41) is 3.52. The van der Waals surface area contributed by atoms with Crippen molar-refractivity contribution >= 4 is 5.97 Å². The highest BCUT2D eigenvalue weighted by atomic mass is 16.5. The third-order valence-corrected chi connectivity index (χ3v) is 5.23. The van der Waals surface area contributed by atoms with Gasteiger partial charge >= 0.3 is 5.97 Å². The topological polar surface area (TPSA) is 38.3 Å². The van der Waals surface area contributed by atoms with E-state index in [0.717, 1.165) is 25.7 Å². The molecule has 3 fully saturated rings. The molecule has 18 heavy (non-hydrogen) atoms. The monoisotopic (exact) mass is 251 g/mol.